The van der Waals surface area contributed by atoms with Gasteiger partial charge in [0.05, 0.1) is 0 Å². The molecule has 1 atom stereocenters. The molecule has 0 unspecified atom stereocenters. The van der Waals surface area contributed by atoms with Crippen LogP contribution in [0.5, 0.6) is 0 Å². The van der Waals surface area contributed by atoms with Crippen molar-refractivity contribution in [2.75, 3.05) is 0 Å². The van der Waals surface area contributed by atoms with Crippen molar-refractivity contribution in [1.29, 1.82) is 0 Å². The second-order valence-corrected chi connectivity index (χ2v) is 5.55. The van der Waals surface area contributed by atoms with Crippen molar-refractivity contribution >= 4 is 12.0 Å². The molecular weight excluding hydrogens is 256 g/mol. The van der Waals surface area contributed by atoms with E-state index in [1.54, 1.807) is 13.8 Å². The summed E-state index contributed by atoms with van der Waals surface area (Å²) in [7, 11) is 0. The molecule has 3 N–H and O–H groups in total. The third kappa shape index (κ3) is 3.29. The molecule has 108 valence electrons. The molecule has 1 aromatic carbocycles. The quantitative estimate of drug-likeness (QED) is 0.781. The fourth-order valence-electron chi connectivity index (χ4n) is 2.54. The Bertz CT molecular complexity index is 489. The first-order chi connectivity index (χ1) is 9.47. The minimum atomic E-state index is -1.01. The van der Waals surface area contributed by atoms with Crippen molar-refractivity contribution in [2.45, 2.75) is 38.8 Å². The fourth-order valence-corrected chi connectivity index (χ4v) is 2.54. The Morgan fingerprint density at radius 3 is 2.20 bits per heavy atom. The molecule has 2 amide bonds. The Kier molecular flexibility index (Phi) is 4.27. The molecule has 20 heavy (non-hydrogen) atoms. The summed E-state index contributed by atoms with van der Waals surface area (Å²) in [6.45, 7) is 3.54. The summed E-state index contributed by atoms with van der Waals surface area (Å²) >= 11 is 0. The zero-order valence-electron chi connectivity index (χ0n) is 11.7. The van der Waals surface area contributed by atoms with Crippen LogP contribution < -0.4 is 10.6 Å². The van der Waals surface area contributed by atoms with Crippen molar-refractivity contribution in [1.82, 2.24) is 10.6 Å². The lowest BCUT2D eigenvalue weighted by molar-refractivity contribution is -0.140. The van der Waals surface area contributed by atoms with Gasteiger partial charge >= 0.3 is 12.0 Å². The van der Waals surface area contributed by atoms with Crippen LogP contribution in [0.3, 0.4) is 0 Å². The number of rotatable bonds is 4. The topological polar surface area (TPSA) is 78.4 Å². The van der Waals surface area contributed by atoms with E-state index in [0.29, 0.717) is 0 Å². The number of aliphatic carboxylic acids is 1. The maximum atomic E-state index is 11.9. The number of hydrogen-bond donors (Lipinski definition) is 3. The summed E-state index contributed by atoms with van der Waals surface area (Å²) in [6, 6.07) is 6.85. The Labute approximate surface area is 118 Å². The molecular formula is C15H20N2O3. The van der Waals surface area contributed by atoms with E-state index in [1.165, 1.54) is 11.1 Å². The van der Waals surface area contributed by atoms with Gasteiger partial charge in [-0.3, -0.25) is 0 Å². The summed E-state index contributed by atoms with van der Waals surface area (Å²) in [6.07, 6.45) is 1.59. The first kappa shape index (κ1) is 14.4. The number of carboxylic acids is 1. The minimum Gasteiger partial charge on any atom is -0.480 e. The number of carbonyl (C=O) groups excluding carboxylic acids is 1. The van der Waals surface area contributed by atoms with Crippen LogP contribution in [0.1, 0.15) is 25.0 Å². The van der Waals surface area contributed by atoms with E-state index >= 15 is 0 Å². The molecule has 0 saturated carbocycles. The molecule has 1 aromatic rings. The molecule has 5 nitrogen and oxygen atoms in total. The van der Waals surface area contributed by atoms with Gasteiger partial charge < -0.3 is 15.7 Å². The van der Waals surface area contributed by atoms with Gasteiger partial charge in [0.15, 0.2) is 0 Å². The molecule has 0 fully saturated rings. The van der Waals surface area contributed by atoms with E-state index in [0.717, 1.165) is 12.8 Å². The largest absolute Gasteiger partial charge is 0.480 e. The first-order valence-electron chi connectivity index (χ1n) is 6.84. The highest BCUT2D eigenvalue weighted by Gasteiger charge is 2.26. The van der Waals surface area contributed by atoms with Gasteiger partial charge in [0.25, 0.3) is 0 Å². The maximum absolute atomic E-state index is 11.9. The lowest BCUT2D eigenvalue weighted by Gasteiger charge is -2.20. The second kappa shape index (κ2) is 5.94. The van der Waals surface area contributed by atoms with E-state index in [-0.39, 0.29) is 12.0 Å². The second-order valence-electron chi connectivity index (χ2n) is 5.55. The summed E-state index contributed by atoms with van der Waals surface area (Å²) in [4.78, 5) is 22.9. The summed E-state index contributed by atoms with van der Waals surface area (Å²) < 4.78 is 0. The SMILES string of the molecule is CC(C)[C@@H](NC(=O)NC1Cc2ccccc2C1)C(=O)O. The van der Waals surface area contributed by atoms with Gasteiger partial charge in [-0.2, -0.15) is 0 Å². The molecule has 2 rings (SSSR count). The normalized spacial score (nSPS) is 15.8. The van der Waals surface area contributed by atoms with Crippen LogP contribution in [-0.2, 0) is 17.6 Å². The summed E-state index contributed by atoms with van der Waals surface area (Å²) in [5.74, 6) is -1.16. The van der Waals surface area contributed by atoms with Crippen LogP contribution in [0.25, 0.3) is 0 Å². The molecule has 0 aliphatic heterocycles. The van der Waals surface area contributed by atoms with E-state index in [1.807, 2.05) is 12.1 Å². The van der Waals surface area contributed by atoms with Gasteiger partial charge in [0.1, 0.15) is 6.04 Å². The molecule has 0 spiro atoms. The minimum absolute atomic E-state index is 0.0361. The monoisotopic (exact) mass is 276 g/mol. The first-order valence-corrected chi connectivity index (χ1v) is 6.84. The average Bonchev–Trinajstić information content (AvgIpc) is 2.77. The molecule has 5 heteroatoms. The van der Waals surface area contributed by atoms with Crippen molar-refractivity contribution in [3.63, 3.8) is 0 Å². The zero-order valence-corrected chi connectivity index (χ0v) is 11.7. The standard InChI is InChI=1S/C15H20N2O3/c1-9(2)13(14(18)19)17-15(20)16-12-7-10-5-3-4-6-11(10)8-12/h3-6,9,12-13H,7-8H2,1-2H3,(H,18,19)(H2,16,17,20)/t13-/m1/s1. The highest BCUT2D eigenvalue weighted by atomic mass is 16.4. The number of fused-ring (bicyclic) bond motifs is 1. The Balaban J connectivity index is 1.89. The number of carbonyl (C=O) groups is 2. The van der Waals surface area contributed by atoms with Crippen molar-refractivity contribution in [3.05, 3.63) is 35.4 Å². The Morgan fingerprint density at radius 1 is 1.20 bits per heavy atom. The molecule has 0 bridgehead atoms. The number of amides is 2. The van der Waals surface area contributed by atoms with Crippen molar-refractivity contribution in [2.24, 2.45) is 5.92 Å². The Morgan fingerprint density at radius 2 is 1.75 bits per heavy atom. The summed E-state index contributed by atoms with van der Waals surface area (Å²) in [5, 5.41) is 14.4. The lowest BCUT2D eigenvalue weighted by atomic mass is 10.1. The lowest BCUT2D eigenvalue weighted by Crippen LogP contribution is -2.51. The third-order valence-electron chi connectivity index (χ3n) is 3.61. The third-order valence-corrected chi connectivity index (χ3v) is 3.61. The van der Waals surface area contributed by atoms with Gasteiger partial charge in [0.2, 0.25) is 0 Å². The van der Waals surface area contributed by atoms with E-state index in [9.17, 15) is 9.59 Å². The predicted octanol–water partition coefficient (Wildman–Crippen LogP) is 1.56. The zero-order chi connectivity index (χ0) is 14.7. The van der Waals surface area contributed by atoms with Gasteiger partial charge in [-0.1, -0.05) is 38.1 Å². The highest BCUT2D eigenvalue weighted by Crippen LogP contribution is 2.21. The van der Waals surface area contributed by atoms with Crippen LogP contribution in [0.4, 0.5) is 4.79 Å². The molecule has 0 aromatic heterocycles. The number of hydrogen-bond acceptors (Lipinski definition) is 2. The predicted molar refractivity (Wildman–Crippen MR) is 75.6 cm³/mol. The van der Waals surface area contributed by atoms with Crippen LogP contribution in [0, 0.1) is 5.92 Å². The molecule has 0 radical (unpaired) electrons. The maximum Gasteiger partial charge on any atom is 0.326 e. The molecule has 0 saturated heterocycles. The van der Waals surface area contributed by atoms with Gasteiger partial charge in [-0.15, -0.1) is 0 Å². The number of nitrogens with one attached hydrogen (secondary N) is 2. The van der Waals surface area contributed by atoms with E-state index in [2.05, 4.69) is 22.8 Å². The van der Waals surface area contributed by atoms with Crippen LogP contribution >= 0.6 is 0 Å². The fraction of sp³-hybridized carbons (Fsp3) is 0.467. The number of carboxylic acid groups (broad SMARTS) is 1. The summed E-state index contributed by atoms with van der Waals surface area (Å²) in [5.41, 5.74) is 2.49. The van der Waals surface area contributed by atoms with Crippen LogP contribution in [-0.4, -0.2) is 29.2 Å². The average molecular weight is 276 g/mol. The molecule has 1 aliphatic rings. The van der Waals surface area contributed by atoms with Gasteiger partial charge in [0, 0.05) is 6.04 Å². The number of urea groups is 1. The van der Waals surface area contributed by atoms with Gasteiger partial charge in [-0.05, 0) is 29.9 Å². The van der Waals surface area contributed by atoms with Crippen molar-refractivity contribution < 1.29 is 14.7 Å². The smallest absolute Gasteiger partial charge is 0.326 e. The van der Waals surface area contributed by atoms with Gasteiger partial charge in [-0.25, -0.2) is 9.59 Å². The van der Waals surface area contributed by atoms with Crippen LogP contribution in [0.15, 0.2) is 24.3 Å². The Hall–Kier alpha value is -2.04. The number of benzene rings is 1. The van der Waals surface area contributed by atoms with Crippen LogP contribution in [0.2, 0.25) is 0 Å². The van der Waals surface area contributed by atoms with Crippen molar-refractivity contribution in [3.8, 4) is 0 Å². The molecule has 1 aliphatic carbocycles. The van der Waals surface area contributed by atoms with E-state index < -0.39 is 18.0 Å². The van der Waals surface area contributed by atoms with E-state index in [4.69, 9.17) is 5.11 Å². The molecule has 0 heterocycles. The highest BCUT2D eigenvalue weighted by molar-refractivity contribution is 5.82.